The maximum absolute atomic E-state index is 4.80. The molecule has 32 heavy (non-hydrogen) atoms. The van der Waals surface area contributed by atoms with Crippen molar-refractivity contribution >= 4 is 35.6 Å². The lowest BCUT2D eigenvalue weighted by atomic mass is 10.2. The number of nitrogens with one attached hydrogen (secondary N) is 2. The van der Waals surface area contributed by atoms with Crippen LogP contribution in [-0.4, -0.2) is 50.3 Å². The first kappa shape index (κ1) is 23.8. The van der Waals surface area contributed by atoms with E-state index in [0.29, 0.717) is 13.1 Å². The predicted octanol–water partition coefficient (Wildman–Crippen LogP) is 4.29. The lowest BCUT2D eigenvalue weighted by molar-refractivity contribution is 0.464. The van der Waals surface area contributed by atoms with Gasteiger partial charge in [0, 0.05) is 39.0 Å². The molecule has 0 amide bonds. The molecule has 0 bridgehead atoms. The smallest absolute Gasteiger partial charge is 0.194 e. The molecule has 3 heterocycles. The van der Waals surface area contributed by atoms with Crippen LogP contribution in [0.25, 0.3) is 16.9 Å². The normalized spacial score (nSPS) is 11.4. The van der Waals surface area contributed by atoms with Gasteiger partial charge in [-0.1, -0.05) is 36.4 Å². The van der Waals surface area contributed by atoms with Crippen molar-refractivity contribution in [2.75, 3.05) is 20.1 Å². The molecule has 7 nitrogen and oxygen atoms in total. The van der Waals surface area contributed by atoms with Crippen LogP contribution in [0.3, 0.4) is 0 Å². The number of halogens is 1. The largest absolute Gasteiger partial charge is 0.357 e. The van der Waals surface area contributed by atoms with Gasteiger partial charge in [0.1, 0.15) is 11.5 Å². The second-order valence-corrected chi connectivity index (χ2v) is 7.61. The summed E-state index contributed by atoms with van der Waals surface area (Å²) >= 11 is 0. The summed E-state index contributed by atoms with van der Waals surface area (Å²) in [4.78, 5) is 19.6. The summed E-state index contributed by atoms with van der Waals surface area (Å²) in [5.74, 6) is 1.77. The number of fused-ring (bicyclic) bond motifs is 1. The molecule has 0 saturated heterocycles. The molecule has 2 N–H and O–H groups in total. The van der Waals surface area contributed by atoms with Crippen LogP contribution in [0.2, 0.25) is 0 Å². The van der Waals surface area contributed by atoms with Gasteiger partial charge in [-0.3, -0.25) is 4.99 Å². The average Bonchev–Trinajstić information content (AvgIpc) is 3.41. The molecule has 0 fully saturated rings. The quantitative estimate of drug-likeness (QED) is 0.207. The number of aromatic amines is 1. The first-order valence-electron chi connectivity index (χ1n) is 10.7. The molecule has 4 aromatic rings. The molecular weight excluding hydrogens is 513 g/mol. The lowest BCUT2D eigenvalue weighted by Crippen LogP contribution is -2.38. The highest BCUT2D eigenvalue weighted by atomic mass is 127. The summed E-state index contributed by atoms with van der Waals surface area (Å²) in [5, 5.41) is 3.37. The van der Waals surface area contributed by atoms with Crippen LogP contribution < -0.4 is 5.32 Å². The molecule has 1 aromatic carbocycles. The van der Waals surface area contributed by atoms with Crippen LogP contribution in [0.1, 0.15) is 24.0 Å². The second kappa shape index (κ2) is 11.1. The number of guanidine groups is 1. The highest BCUT2D eigenvalue weighted by Crippen LogP contribution is 2.16. The highest BCUT2D eigenvalue weighted by Gasteiger charge is 2.10. The van der Waals surface area contributed by atoms with Crippen LogP contribution in [0.15, 0.2) is 66.0 Å². The van der Waals surface area contributed by atoms with E-state index in [9.17, 15) is 0 Å². The van der Waals surface area contributed by atoms with Crippen LogP contribution >= 0.6 is 24.0 Å². The molecule has 168 valence electrons. The van der Waals surface area contributed by atoms with E-state index in [1.54, 1.807) is 0 Å². The number of nitrogens with zero attached hydrogens (tertiary/aromatic N) is 5. The second-order valence-electron chi connectivity index (χ2n) is 7.61. The van der Waals surface area contributed by atoms with Crippen molar-refractivity contribution in [3.8, 4) is 11.3 Å². The fourth-order valence-electron chi connectivity index (χ4n) is 3.58. The van der Waals surface area contributed by atoms with Crippen molar-refractivity contribution in [2.45, 2.75) is 26.8 Å². The maximum atomic E-state index is 4.80. The highest BCUT2D eigenvalue weighted by molar-refractivity contribution is 14.0. The summed E-state index contributed by atoms with van der Waals surface area (Å²) in [6.07, 6.45) is 6.80. The molecule has 4 rings (SSSR count). The number of aliphatic imine (C=N–C) groups is 1. The number of hydrogen-bond acceptors (Lipinski definition) is 3. The van der Waals surface area contributed by atoms with Crippen LogP contribution in [0.5, 0.6) is 0 Å². The standard InChI is InChI=1S/C24H29N7.HI/c1-4-25-24(26-13-12-20-16-31-14-8-9-18(2)23(31)28-20)30(3)17-22-27-15-21(29-22)19-10-6-5-7-11-19;/h5-11,14-16H,4,12-13,17H2,1-3H3,(H,25,26)(H,27,29);1H. The van der Waals surface area contributed by atoms with Crippen LogP contribution in [0, 0.1) is 6.92 Å². The number of hydrogen-bond donors (Lipinski definition) is 2. The Labute approximate surface area is 206 Å². The molecule has 0 aliphatic carbocycles. The number of imidazole rings is 2. The summed E-state index contributed by atoms with van der Waals surface area (Å²) in [6.45, 7) is 6.29. The monoisotopic (exact) mass is 543 g/mol. The van der Waals surface area contributed by atoms with E-state index < -0.39 is 0 Å². The van der Waals surface area contributed by atoms with Gasteiger partial charge < -0.3 is 19.6 Å². The Morgan fingerprint density at radius 1 is 1.19 bits per heavy atom. The van der Waals surface area contributed by atoms with Crippen molar-refractivity contribution in [1.29, 1.82) is 0 Å². The SMILES string of the molecule is CCNC(=NCCc1cn2cccc(C)c2n1)N(C)Cc1ncc(-c2ccccc2)[nH]1.I. The molecular formula is C24H30IN7. The molecule has 0 saturated carbocycles. The number of H-pyrrole nitrogens is 1. The number of aryl methyl sites for hydroxylation is 1. The molecule has 0 unspecified atom stereocenters. The van der Waals surface area contributed by atoms with Gasteiger partial charge in [0.25, 0.3) is 0 Å². The van der Waals surface area contributed by atoms with Crippen LogP contribution in [-0.2, 0) is 13.0 Å². The van der Waals surface area contributed by atoms with E-state index in [1.807, 2.05) is 43.7 Å². The Kier molecular flexibility index (Phi) is 8.26. The van der Waals surface area contributed by atoms with Crippen LogP contribution in [0.4, 0.5) is 0 Å². The Hall–Kier alpha value is -2.88. The predicted molar refractivity (Wildman–Crippen MR) is 141 cm³/mol. The average molecular weight is 543 g/mol. The summed E-state index contributed by atoms with van der Waals surface area (Å²) in [5.41, 5.74) is 5.39. The van der Waals surface area contributed by atoms with Crippen molar-refractivity contribution in [2.24, 2.45) is 4.99 Å². The van der Waals surface area contributed by atoms with Crippen molar-refractivity contribution in [3.63, 3.8) is 0 Å². The van der Waals surface area contributed by atoms with Gasteiger partial charge in [-0.15, -0.1) is 24.0 Å². The number of rotatable bonds is 7. The zero-order valence-corrected chi connectivity index (χ0v) is 21.1. The fourth-order valence-corrected chi connectivity index (χ4v) is 3.58. The maximum Gasteiger partial charge on any atom is 0.194 e. The summed E-state index contributed by atoms with van der Waals surface area (Å²) in [7, 11) is 2.03. The third-order valence-corrected chi connectivity index (χ3v) is 5.15. The third-order valence-electron chi connectivity index (χ3n) is 5.15. The Morgan fingerprint density at radius 2 is 2.00 bits per heavy atom. The molecule has 0 spiro atoms. The zero-order valence-electron chi connectivity index (χ0n) is 18.7. The Balaban J connectivity index is 0.00000289. The first-order valence-corrected chi connectivity index (χ1v) is 10.7. The number of pyridine rings is 1. The molecule has 3 aromatic heterocycles. The van der Waals surface area contributed by atoms with E-state index in [2.05, 4.69) is 62.8 Å². The fraction of sp³-hybridized carbons (Fsp3) is 0.292. The minimum atomic E-state index is 0. The molecule has 0 atom stereocenters. The van der Waals surface area contributed by atoms with Crippen molar-refractivity contribution in [1.82, 2.24) is 29.6 Å². The van der Waals surface area contributed by atoms with E-state index in [0.717, 1.165) is 47.3 Å². The lowest BCUT2D eigenvalue weighted by Gasteiger charge is -2.21. The van der Waals surface area contributed by atoms with E-state index >= 15 is 0 Å². The number of benzene rings is 1. The van der Waals surface area contributed by atoms with Gasteiger partial charge in [-0.2, -0.15) is 0 Å². The number of aromatic nitrogens is 4. The third kappa shape index (κ3) is 5.67. The molecule has 0 radical (unpaired) electrons. The van der Waals surface area contributed by atoms with Gasteiger partial charge in [-0.25, -0.2) is 9.97 Å². The Morgan fingerprint density at radius 3 is 2.75 bits per heavy atom. The van der Waals surface area contributed by atoms with Gasteiger partial charge in [0.05, 0.1) is 24.1 Å². The van der Waals surface area contributed by atoms with E-state index in [1.165, 1.54) is 5.56 Å². The minimum Gasteiger partial charge on any atom is -0.357 e. The molecule has 0 aliphatic rings. The summed E-state index contributed by atoms with van der Waals surface area (Å²) in [6, 6.07) is 14.4. The van der Waals surface area contributed by atoms with Gasteiger partial charge in [0.15, 0.2) is 5.96 Å². The van der Waals surface area contributed by atoms with Gasteiger partial charge in [0.2, 0.25) is 0 Å². The first-order chi connectivity index (χ1) is 15.1. The molecule has 0 aliphatic heterocycles. The van der Waals surface area contributed by atoms with E-state index in [4.69, 9.17) is 9.98 Å². The van der Waals surface area contributed by atoms with E-state index in [-0.39, 0.29) is 24.0 Å². The topological polar surface area (TPSA) is 73.6 Å². The van der Waals surface area contributed by atoms with Crippen molar-refractivity contribution in [3.05, 3.63) is 78.1 Å². The van der Waals surface area contributed by atoms with Gasteiger partial charge in [-0.05, 0) is 31.0 Å². The summed E-state index contributed by atoms with van der Waals surface area (Å²) < 4.78 is 2.08. The zero-order chi connectivity index (χ0) is 21.6. The minimum absolute atomic E-state index is 0. The Bertz CT molecular complexity index is 1160. The molecule has 8 heteroatoms. The van der Waals surface area contributed by atoms with Gasteiger partial charge >= 0.3 is 0 Å². The van der Waals surface area contributed by atoms with Crippen molar-refractivity contribution < 1.29 is 0 Å².